The SMILES string of the molecule is BrC1CC2CCC1CC2. The molecule has 0 nitrogen and oxygen atoms in total. The highest BCUT2D eigenvalue weighted by atomic mass is 79.9. The fourth-order valence-corrected chi connectivity index (χ4v) is 3.35. The first-order valence-corrected chi connectivity index (χ1v) is 4.92. The molecule has 3 saturated carbocycles. The molecule has 0 radical (unpaired) electrons. The third kappa shape index (κ3) is 1.04. The fraction of sp³-hybridized carbons (Fsp3) is 1.00. The van der Waals surface area contributed by atoms with Crippen LogP contribution in [0.3, 0.4) is 0 Å². The van der Waals surface area contributed by atoms with Gasteiger partial charge in [0, 0.05) is 4.83 Å². The van der Waals surface area contributed by atoms with Gasteiger partial charge >= 0.3 is 0 Å². The third-order valence-electron chi connectivity index (χ3n) is 2.96. The van der Waals surface area contributed by atoms with Gasteiger partial charge in [0.15, 0.2) is 0 Å². The lowest BCUT2D eigenvalue weighted by Crippen LogP contribution is -2.31. The Morgan fingerprint density at radius 2 is 1.67 bits per heavy atom. The minimum atomic E-state index is 0.880. The van der Waals surface area contributed by atoms with E-state index in [2.05, 4.69) is 15.9 Å². The summed E-state index contributed by atoms with van der Waals surface area (Å²) >= 11 is 3.75. The molecule has 0 amide bonds. The van der Waals surface area contributed by atoms with Gasteiger partial charge in [-0.25, -0.2) is 0 Å². The zero-order valence-electron chi connectivity index (χ0n) is 5.65. The minimum absolute atomic E-state index is 0.880. The molecule has 3 aliphatic rings. The molecule has 1 atom stereocenters. The molecule has 0 aromatic rings. The number of halogens is 1. The van der Waals surface area contributed by atoms with E-state index in [9.17, 15) is 0 Å². The molecule has 0 heterocycles. The summed E-state index contributed by atoms with van der Waals surface area (Å²) in [4.78, 5) is 0.880. The van der Waals surface area contributed by atoms with Crippen LogP contribution in [0.15, 0.2) is 0 Å². The first-order valence-electron chi connectivity index (χ1n) is 4.00. The zero-order valence-corrected chi connectivity index (χ0v) is 7.23. The van der Waals surface area contributed by atoms with E-state index >= 15 is 0 Å². The molecule has 0 saturated heterocycles. The second kappa shape index (κ2) is 2.26. The van der Waals surface area contributed by atoms with E-state index in [1.807, 2.05) is 0 Å². The van der Waals surface area contributed by atoms with Crippen molar-refractivity contribution < 1.29 is 0 Å². The highest BCUT2D eigenvalue weighted by molar-refractivity contribution is 9.09. The number of hydrogen-bond acceptors (Lipinski definition) is 0. The Balaban J connectivity index is 2.06. The molecule has 0 aromatic carbocycles. The summed E-state index contributed by atoms with van der Waals surface area (Å²) in [6.07, 6.45) is 7.51. The number of rotatable bonds is 0. The molecular formula is C8H13Br. The Labute approximate surface area is 65.1 Å². The standard InChI is InChI=1S/C8H13Br/c9-8-5-6-1-3-7(8)4-2-6/h6-8H,1-5H2. The van der Waals surface area contributed by atoms with Gasteiger partial charge in [-0.1, -0.05) is 28.8 Å². The lowest BCUT2D eigenvalue weighted by molar-refractivity contribution is 0.187. The maximum Gasteiger partial charge on any atom is 0.0176 e. The van der Waals surface area contributed by atoms with Crippen molar-refractivity contribution in [3.63, 3.8) is 0 Å². The Morgan fingerprint density at radius 3 is 1.89 bits per heavy atom. The van der Waals surface area contributed by atoms with E-state index in [1.54, 1.807) is 0 Å². The number of hydrogen-bond donors (Lipinski definition) is 0. The van der Waals surface area contributed by atoms with Crippen LogP contribution in [0.4, 0.5) is 0 Å². The monoisotopic (exact) mass is 188 g/mol. The van der Waals surface area contributed by atoms with Gasteiger partial charge in [-0.05, 0) is 31.1 Å². The van der Waals surface area contributed by atoms with Crippen molar-refractivity contribution >= 4 is 15.9 Å². The van der Waals surface area contributed by atoms with Gasteiger partial charge in [0.05, 0.1) is 0 Å². The van der Waals surface area contributed by atoms with Gasteiger partial charge in [0.1, 0.15) is 0 Å². The number of fused-ring (bicyclic) bond motifs is 3. The van der Waals surface area contributed by atoms with Crippen molar-refractivity contribution in [2.45, 2.75) is 36.9 Å². The van der Waals surface area contributed by atoms with Gasteiger partial charge in [-0.15, -0.1) is 0 Å². The van der Waals surface area contributed by atoms with Crippen LogP contribution in [-0.4, -0.2) is 4.83 Å². The van der Waals surface area contributed by atoms with Crippen molar-refractivity contribution in [3.8, 4) is 0 Å². The first-order chi connectivity index (χ1) is 4.36. The predicted octanol–water partition coefficient (Wildman–Crippen LogP) is 2.96. The maximum absolute atomic E-state index is 3.75. The van der Waals surface area contributed by atoms with Gasteiger partial charge in [0.2, 0.25) is 0 Å². The van der Waals surface area contributed by atoms with Crippen LogP contribution in [0.5, 0.6) is 0 Å². The molecule has 0 spiro atoms. The molecule has 3 rings (SSSR count). The van der Waals surface area contributed by atoms with E-state index < -0.39 is 0 Å². The summed E-state index contributed by atoms with van der Waals surface area (Å²) in [6, 6.07) is 0. The first kappa shape index (κ1) is 6.21. The fourth-order valence-electron chi connectivity index (χ4n) is 2.30. The number of alkyl halides is 1. The summed E-state index contributed by atoms with van der Waals surface area (Å²) in [6.45, 7) is 0. The third-order valence-corrected chi connectivity index (χ3v) is 4.08. The average molecular weight is 189 g/mol. The van der Waals surface area contributed by atoms with Crippen LogP contribution in [-0.2, 0) is 0 Å². The molecule has 0 aromatic heterocycles. The quantitative estimate of drug-likeness (QED) is 0.514. The highest BCUT2D eigenvalue weighted by Crippen LogP contribution is 2.44. The second-order valence-electron chi connectivity index (χ2n) is 3.53. The Morgan fingerprint density at radius 1 is 1.00 bits per heavy atom. The summed E-state index contributed by atoms with van der Waals surface area (Å²) in [5, 5.41) is 0. The van der Waals surface area contributed by atoms with Crippen molar-refractivity contribution in [2.75, 3.05) is 0 Å². The largest absolute Gasteiger partial charge is 0.0888 e. The molecule has 0 N–H and O–H groups in total. The molecule has 3 fully saturated rings. The lowest BCUT2D eigenvalue weighted by atomic mass is 9.71. The summed E-state index contributed by atoms with van der Waals surface area (Å²) < 4.78 is 0. The molecule has 52 valence electrons. The normalized spacial score (nSPS) is 49.7. The van der Waals surface area contributed by atoms with Gasteiger partial charge < -0.3 is 0 Å². The van der Waals surface area contributed by atoms with Gasteiger partial charge in [0.25, 0.3) is 0 Å². The van der Waals surface area contributed by atoms with Crippen LogP contribution < -0.4 is 0 Å². The Kier molecular flexibility index (Phi) is 1.56. The van der Waals surface area contributed by atoms with Crippen LogP contribution in [0.2, 0.25) is 0 Å². The van der Waals surface area contributed by atoms with Crippen LogP contribution in [0.1, 0.15) is 32.1 Å². The van der Waals surface area contributed by atoms with E-state index in [-0.39, 0.29) is 0 Å². The summed E-state index contributed by atoms with van der Waals surface area (Å²) in [5.74, 6) is 2.12. The lowest BCUT2D eigenvalue weighted by Gasteiger charge is -2.39. The molecule has 3 aliphatic carbocycles. The molecular weight excluding hydrogens is 176 g/mol. The highest BCUT2D eigenvalue weighted by Gasteiger charge is 2.33. The van der Waals surface area contributed by atoms with E-state index in [0.717, 1.165) is 16.7 Å². The second-order valence-corrected chi connectivity index (χ2v) is 4.71. The Bertz CT molecular complexity index is 103. The van der Waals surface area contributed by atoms with Gasteiger partial charge in [-0.2, -0.15) is 0 Å². The molecule has 1 unspecified atom stereocenters. The van der Waals surface area contributed by atoms with Crippen molar-refractivity contribution in [2.24, 2.45) is 11.8 Å². The summed E-state index contributed by atoms with van der Waals surface area (Å²) in [5.41, 5.74) is 0. The maximum atomic E-state index is 3.75. The zero-order chi connectivity index (χ0) is 6.27. The van der Waals surface area contributed by atoms with E-state index in [0.29, 0.717) is 0 Å². The summed E-state index contributed by atoms with van der Waals surface area (Å²) in [7, 11) is 0. The van der Waals surface area contributed by atoms with Crippen LogP contribution in [0, 0.1) is 11.8 Å². The van der Waals surface area contributed by atoms with Crippen LogP contribution in [0.25, 0.3) is 0 Å². The molecule has 2 bridgehead atoms. The van der Waals surface area contributed by atoms with Crippen LogP contribution >= 0.6 is 15.9 Å². The molecule has 9 heavy (non-hydrogen) atoms. The Hall–Kier alpha value is 0.480. The predicted molar refractivity (Wildman–Crippen MR) is 42.8 cm³/mol. The minimum Gasteiger partial charge on any atom is -0.0888 e. The topological polar surface area (TPSA) is 0 Å². The van der Waals surface area contributed by atoms with E-state index in [1.165, 1.54) is 32.1 Å². The molecule has 0 aliphatic heterocycles. The molecule has 1 heteroatoms. The van der Waals surface area contributed by atoms with Crippen molar-refractivity contribution in [1.29, 1.82) is 0 Å². The van der Waals surface area contributed by atoms with E-state index in [4.69, 9.17) is 0 Å². The van der Waals surface area contributed by atoms with Crippen molar-refractivity contribution in [1.82, 2.24) is 0 Å². The smallest absolute Gasteiger partial charge is 0.0176 e. The van der Waals surface area contributed by atoms with Gasteiger partial charge in [-0.3, -0.25) is 0 Å². The van der Waals surface area contributed by atoms with Crippen molar-refractivity contribution in [3.05, 3.63) is 0 Å². The average Bonchev–Trinajstić information content (AvgIpc) is 1.90.